The first-order valence-electron chi connectivity index (χ1n) is 7.28. The first-order valence-corrected chi connectivity index (χ1v) is 8.16. The summed E-state index contributed by atoms with van der Waals surface area (Å²) in [4.78, 5) is 1.56. The Bertz CT molecular complexity index is 564. The molecule has 0 fully saturated rings. The molecule has 0 radical (unpaired) electrons. The van der Waals surface area contributed by atoms with Gasteiger partial charge in [-0.1, -0.05) is 18.2 Å². The first kappa shape index (κ1) is 13.7. The average Bonchev–Trinajstić information content (AvgIpc) is 2.96. The Morgan fingerprint density at radius 2 is 2.20 bits per heavy atom. The monoisotopic (exact) mass is 287 g/mol. The van der Waals surface area contributed by atoms with E-state index in [1.165, 1.54) is 36.1 Å². The second kappa shape index (κ2) is 6.42. The summed E-state index contributed by atoms with van der Waals surface area (Å²) in [5.74, 6) is 0. The number of fused-ring (bicyclic) bond motifs is 1. The summed E-state index contributed by atoms with van der Waals surface area (Å²) < 4.78 is 5.21. The third-order valence-electron chi connectivity index (χ3n) is 3.97. The van der Waals surface area contributed by atoms with Crippen LogP contribution in [0.25, 0.3) is 0 Å². The molecule has 20 heavy (non-hydrogen) atoms. The minimum Gasteiger partial charge on any atom is -0.384 e. The molecule has 2 nitrogen and oxygen atoms in total. The van der Waals surface area contributed by atoms with E-state index >= 15 is 0 Å². The van der Waals surface area contributed by atoms with Gasteiger partial charge in [-0.3, -0.25) is 0 Å². The summed E-state index contributed by atoms with van der Waals surface area (Å²) in [6, 6.07) is 11.3. The van der Waals surface area contributed by atoms with Crippen LogP contribution in [0.5, 0.6) is 0 Å². The molecule has 3 heteroatoms. The highest BCUT2D eigenvalue weighted by Crippen LogP contribution is 2.36. The van der Waals surface area contributed by atoms with E-state index in [-0.39, 0.29) is 0 Å². The highest BCUT2D eigenvalue weighted by atomic mass is 32.1. The summed E-state index contributed by atoms with van der Waals surface area (Å²) in [6.07, 6.45) is 4.72. The molecule has 1 aliphatic carbocycles. The Kier molecular flexibility index (Phi) is 4.38. The molecule has 0 amide bonds. The standard InChI is InChI=1S/C17H21NOS/c1-19-11-9-13-5-2-3-6-15(13)18-16-7-4-8-17-14(16)10-12-20-17/h2-3,5-6,10,12,16,18H,4,7-9,11H2,1H3. The zero-order valence-corrected chi connectivity index (χ0v) is 12.7. The Morgan fingerprint density at radius 3 is 3.10 bits per heavy atom. The summed E-state index contributed by atoms with van der Waals surface area (Å²) in [7, 11) is 1.76. The summed E-state index contributed by atoms with van der Waals surface area (Å²) >= 11 is 1.90. The van der Waals surface area contributed by atoms with Gasteiger partial charge in [0.15, 0.2) is 0 Å². The zero-order chi connectivity index (χ0) is 13.8. The molecular formula is C17H21NOS. The lowest BCUT2D eigenvalue weighted by Gasteiger charge is -2.26. The van der Waals surface area contributed by atoms with E-state index in [2.05, 4.69) is 41.0 Å². The number of anilines is 1. The second-order valence-electron chi connectivity index (χ2n) is 5.29. The van der Waals surface area contributed by atoms with E-state index in [0.717, 1.165) is 13.0 Å². The van der Waals surface area contributed by atoms with Crippen LogP contribution < -0.4 is 5.32 Å². The number of hydrogen-bond donors (Lipinski definition) is 1. The van der Waals surface area contributed by atoms with Crippen molar-refractivity contribution in [3.8, 4) is 0 Å². The maximum atomic E-state index is 5.21. The predicted molar refractivity (Wildman–Crippen MR) is 85.6 cm³/mol. The number of nitrogens with one attached hydrogen (secondary N) is 1. The first-order chi connectivity index (χ1) is 9.88. The van der Waals surface area contributed by atoms with Gasteiger partial charge in [-0.05, 0) is 54.3 Å². The number of benzene rings is 1. The molecule has 0 spiro atoms. The fourth-order valence-electron chi connectivity index (χ4n) is 2.92. The normalized spacial score (nSPS) is 17.8. The lowest BCUT2D eigenvalue weighted by atomic mass is 9.93. The SMILES string of the molecule is COCCc1ccccc1NC1CCCc2sccc21. The van der Waals surface area contributed by atoms with Crippen LogP contribution in [0.4, 0.5) is 5.69 Å². The Labute approximate surface area is 124 Å². The molecule has 1 heterocycles. The zero-order valence-electron chi connectivity index (χ0n) is 11.9. The van der Waals surface area contributed by atoms with E-state index in [0.29, 0.717) is 6.04 Å². The smallest absolute Gasteiger partial charge is 0.0525 e. The highest BCUT2D eigenvalue weighted by Gasteiger charge is 2.21. The van der Waals surface area contributed by atoms with Crippen molar-refractivity contribution in [3.63, 3.8) is 0 Å². The van der Waals surface area contributed by atoms with Gasteiger partial charge < -0.3 is 10.1 Å². The largest absolute Gasteiger partial charge is 0.384 e. The molecule has 1 atom stereocenters. The summed E-state index contributed by atoms with van der Waals surface area (Å²) in [5.41, 5.74) is 4.10. The van der Waals surface area contributed by atoms with Gasteiger partial charge in [0.2, 0.25) is 0 Å². The van der Waals surface area contributed by atoms with Crippen LogP contribution in [0, 0.1) is 0 Å². The van der Waals surface area contributed by atoms with Gasteiger partial charge in [0.25, 0.3) is 0 Å². The number of aryl methyl sites for hydroxylation is 1. The maximum Gasteiger partial charge on any atom is 0.0525 e. The van der Waals surface area contributed by atoms with Crippen molar-refractivity contribution in [2.45, 2.75) is 31.7 Å². The van der Waals surface area contributed by atoms with E-state index in [9.17, 15) is 0 Å². The average molecular weight is 287 g/mol. The van der Waals surface area contributed by atoms with Crippen LogP contribution in [-0.4, -0.2) is 13.7 Å². The lowest BCUT2D eigenvalue weighted by molar-refractivity contribution is 0.202. The Hall–Kier alpha value is -1.32. The third-order valence-corrected chi connectivity index (χ3v) is 4.97. The summed E-state index contributed by atoms with van der Waals surface area (Å²) in [5, 5.41) is 5.98. The second-order valence-corrected chi connectivity index (χ2v) is 6.29. The molecule has 1 aromatic heterocycles. The van der Waals surface area contributed by atoms with Crippen molar-refractivity contribution < 1.29 is 4.74 Å². The minimum absolute atomic E-state index is 0.466. The van der Waals surface area contributed by atoms with Crippen molar-refractivity contribution in [3.05, 3.63) is 51.7 Å². The molecule has 2 aromatic rings. The van der Waals surface area contributed by atoms with Crippen molar-refractivity contribution >= 4 is 17.0 Å². The van der Waals surface area contributed by atoms with Crippen LogP contribution >= 0.6 is 11.3 Å². The number of rotatable bonds is 5. The van der Waals surface area contributed by atoms with Crippen LogP contribution in [0.1, 0.15) is 34.9 Å². The van der Waals surface area contributed by atoms with Crippen LogP contribution in [0.3, 0.4) is 0 Å². The van der Waals surface area contributed by atoms with Gasteiger partial charge >= 0.3 is 0 Å². The number of para-hydroxylation sites is 1. The fourth-order valence-corrected chi connectivity index (χ4v) is 3.90. The van der Waals surface area contributed by atoms with Crippen LogP contribution in [0.2, 0.25) is 0 Å². The molecule has 1 N–H and O–H groups in total. The molecule has 1 unspecified atom stereocenters. The lowest BCUT2D eigenvalue weighted by Crippen LogP contribution is -2.16. The molecule has 0 saturated heterocycles. The maximum absolute atomic E-state index is 5.21. The number of methoxy groups -OCH3 is 1. The van der Waals surface area contributed by atoms with Crippen molar-refractivity contribution in [1.82, 2.24) is 0 Å². The van der Waals surface area contributed by atoms with Gasteiger partial charge in [-0.15, -0.1) is 11.3 Å². The quantitative estimate of drug-likeness (QED) is 0.878. The topological polar surface area (TPSA) is 21.3 Å². The van der Waals surface area contributed by atoms with E-state index < -0.39 is 0 Å². The number of ether oxygens (including phenoxy) is 1. The van der Waals surface area contributed by atoms with Gasteiger partial charge in [-0.25, -0.2) is 0 Å². The van der Waals surface area contributed by atoms with Crippen molar-refractivity contribution in [2.75, 3.05) is 19.0 Å². The van der Waals surface area contributed by atoms with Gasteiger partial charge in [0.05, 0.1) is 12.6 Å². The molecule has 0 bridgehead atoms. The van der Waals surface area contributed by atoms with E-state index in [4.69, 9.17) is 4.74 Å². The molecule has 3 rings (SSSR count). The van der Waals surface area contributed by atoms with Crippen LogP contribution in [-0.2, 0) is 17.6 Å². The number of thiophene rings is 1. The molecule has 0 saturated carbocycles. The summed E-state index contributed by atoms with van der Waals surface area (Å²) in [6.45, 7) is 0.771. The molecule has 0 aliphatic heterocycles. The van der Waals surface area contributed by atoms with E-state index in [1.807, 2.05) is 11.3 Å². The molecule has 1 aromatic carbocycles. The highest BCUT2D eigenvalue weighted by molar-refractivity contribution is 7.10. The van der Waals surface area contributed by atoms with Crippen molar-refractivity contribution in [2.24, 2.45) is 0 Å². The fraction of sp³-hybridized carbons (Fsp3) is 0.412. The molecule has 106 valence electrons. The van der Waals surface area contributed by atoms with E-state index in [1.54, 1.807) is 12.0 Å². The Balaban J connectivity index is 1.79. The van der Waals surface area contributed by atoms with Crippen LogP contribution in [0.15, 0.2) is 35.7 Å². The Morgan fingerprint density at radius 1 is 1.30 bits per heavy atom. The molecular weight excluding hydrogens is 266 g/mol. The van der Waals surface area contributed by atoms with Gasteiger partial charge in [0.1, 0.15) is 0 Å². The molecule has 1 aliphatic rings. The van der Waals surface area contributed by atoms with Gasteiger partial charge in [-0.2, -0.15) is 0 Å². The third kappa shape index (κ3) is 2.89. The van der Waals surface area contributed by atoms with Gasteiger partial charge in [0, 0.05) is 17.7 Å². The predicted octanol–water partition coefficient (Wildman–Crippen LogP) is 4.43. The number of hydrogen-bond acceptors (Lipinski definition) is 3. The minimum atomic E-state index is 0.466. The van der Waals surface area contributed by atoms with Crippen molar-refractivity contribution in [1.29, 1.82) is 0 Å².